The monoisotopic (exact) mass is 347 g/mol. The number of rotatable bonds is 2. The molecule has 0 bridgehead atoms. The maximum absolute atomic E-state index is 12.3. The van der Waals surface area contributed by atoms with Crippen molar-refractivity contribution in [1.82, 2.24) is 0 Å². The van der Waals surface area contributed by atoms with Crippen molar-refractivity contribution in [3.8, 4) is 5.75 Å². The third-order valence-electron chi connectivity index (χ3n) is 6.07. The second-order valence-electron chi connectivity index (χ2n) is 7.28. The molecule has 5 nitrogen and oxygen atoms in total. The van der Waals surface area contributed by atoms with E-state index < -0.39 is 10.4 Å². The molecule has 3 atom stereocenters. The van der Waals surface area contributed by atoms with E-state index in [1.807, 2.05) is 6.07 Å². The zero-order valence-corrected chi connectivity index (χ0v) is 14.3. The highest BCUT2D eigenvalue weighted by Gasteiger charge is 2.52. The van der Waals surface area contributed by atoms with E-state index in [-0.39, 0.29) is 17.1 Å². The van der Waals surface area contributed by atoms with Crippen molar-refractivity contribution in [2.24, 2.45) is 11.3 Å². The summed E-state index contributed by atoms with van der Waals surface area (Å²) < 4.78 is 36.8. The van der Waals surface area contributed by atoms with Gasteiger partial charge in [0.2, 0.25) is 0 Å². The Kier molecular flexibility index (Phi) is 3.41. The van der Waals surface area contributed by atoms with Crippen molar-refractivity contribution in [2.75, 3.05) is 0 Å². The molecule has 4 rings (SSSR count). The number of benzene rings is 1. The van der Waals surface area contributed by atoms with Gasteiger partial charge in [0.15, 0.2) is 0 Å². The van der Waals surface area contributed by atoms with Crippen LogP contribution in [-0.2, 0) is 21.6 Å². The molecule has 0 unspecified atom stereocenters. The van der Waals surface area contributed by atoms with Crippen molar-refractivity contribution in [2.45, 2.75) is 44.9 Å². The van der Waals surface area contributed by atoms with E-state index in [0.29, 0.717) is 24.5 Å². The van der Waals surface area contributed by atoms with Crippen molar-refractivity contribution in [3.05, 3.63) is 41.0 Å². The topological polar surface area (TPSA) is 83.5 Å². The molecule has 128 valence electrons. The molecule has 0 saturated heterocycles. The maximum Gasteiger partial charge on any atom is 0.262 e. The highest BCUT2D eigenvalue weighted by Crippen LogP contribution is 2.57. The van der Waals surface area contributed by atoms with Gasteiger partial charge in [-0.05, 0) is 54.9 Å². The van der Waals surface area contributed by atoms with Crippen LogP contribution in [0.1, 0.15) is 49.7 Å². The van der Waals surface area contributed by atoms with E-state index >= 15 is 0 Å². The smallest absolute Gasteiger partial charge is 0.262 e. The van der Waals surface area contributed by atoms with Gasteiger partial charge in [-0.1, -0.05) is 24.6 Å². The Bertz CT molecular complexity index is 854. The first-order valence-corrected chi connectivity index (χ1v) is 9.63. The number of carbonyl (C=O) groups is 1. The van der Waals surface area contributed by atoms with Gasteiger partial charge < -0.3 is 8.74 Å². The first-order valence-electron chi connectivity index (χ1n) is 8.29. The third kappa shape index (κ3) is 2.40. The summed E-state index contributed by atoms with van der Waals surface area (Å²) in [6.07, 6.45) is 6.30. The van der Waals surface area contributed by atoms with Crippen LogP contribution in [0.5, 0.6) is 5.75 Å². The van der Waals surface area contributed by atoms with E-state index in [1.165, 1.54) is 11.1 Å². The summed E-state index contributed by atoms with van der Waals surface area (Å²) in [5.74, 6) is 1.07. The molecule has 0 spiro atoms. The van der Waals surface area contributed by atoms with Gasteiger partial charge in [0.25, 0.3) is 10.4 Å². The summed E-state index contributed by atoms with van der Waals surface area (Å²) in [5, 5.41) is 0. The third-order valence-corrected chi connectivity index (χ3v) is 6.47. The largest absolute Gasteiger partial charge is 0.716 e. The van der Waals surface area contributed by atoms with Crippen molar-refractivity contribution in [1.29, 1.82) is 0 Å². The lowest BCUT2D eigenvalue weighted by Gasteiger charge is -2.43. The van der Waals surface area contributed by atoms with E-state index in [0.717, 1.165) is 24.8 Å². The zero-order valence-electron chi connectivity index (χ0n) is 13.4. The molecular formula is C18H19O5S-. The summed E-state index contributed by atoms with van der Waals surface area (Å²) in [5.41, 5.74) is 3.33. The van der Waals surface area contributed by atoms with Crippen LogP contribution in [0.25, 0.3) is 0 Å². The molecule has 6 heteroatoms. The van der Waals surface area contributed by atoms with Crippen LogP contribution in [0.3, 0.4) is 0 Å². The van der Waals surface area contributed by atoms with Crippen LogP contribution in [0.15, 0.2) is 29.8 Å². The molecule has 2 saturated carbocycles. The van der Waals surface area contributed by atoms with Gasteiger partial charge in [0.1, 0.15) is 11.5 Å². The average molecular weight is 347 g/mol. The summed E-state index contributed by atoms with van der Waals surface area (Å²) >= 11 is 0. The van der Waals surface area contributed by atoms with Gasteiger partial charge in [-0.2, -0.15) is 0 Å². The number of fused-ring (bicyclic) bond motifs is 5. The summed E-state index contributed by atoms with van der Waals surface area (Å²) in [4.78, 5) is 12.3. The molecule has 1 aromatic rings. The molecule has 0 aliphatic heterocycles. The zero-order chi connectivity index (χ0) is 17.1. The van der Waals surface area contributed by atoms with E-state index in [1.54, 1.807) is 12.1 Å². The van der Waals surface area contributed by atoms with Crippen molar-refractivity contribution in [3.63, 3.8) is 0 Å². The molecular weight excluding hydrogens is 328 g/mol. The lowest BCUT2D eigenvalue weighted by atomic mass is 9.60. The Morgan fingerprint density at radius 1 is 1.29 bits per heavy atom. The Morgan fingerprint density at radius 2 is 2.08 bits per heavy atom. The van der Waals surface area contributed by atoms with Crippen molar-refractivity contribution >= 4 is 16.2 Å². The van der Waals surface area contributed by atoms with Crippen LogP contribution < -0.4 is 4.18 Å². The van der Waals surface area contributed by atoms with Gasteiger partial charge >= 0.3 is 0 Å². The number of hydrogen-bond acceptors (Lipinski definition) is 5. The minimum atomic E-state index is -4.76. The molecule has 1 aromatic carbocycles. The van der Waals surface area contributed by atoms with Gasteiger partial charge in [0, 0.05) is 17.8 Å². The molecule has 3 aliphatic rings. The Morgan fingerprint density at radius 3 is 2.83 bits per heavy atom. The number of carbonyl (C=O) groups excluding carboxylic acids is 1. The second kappa shape index (κ2) is 5.17. The number of Topliss-reactive ketones (excluding diaryl/α,β-unsaturated/α-hetero) is 1. The number of allylic oxidation sites excluding steroid dienone is 2. The normalized spacial score (nSPS) is 31.8. The Labute approximate surface area is 141 Å². The maximum atomic E-state index is 12.3. The van der Waals surface area contributed by atoms with E-state index in [4.69, 9.17) is 0 Å². The predicted octanol–water partition coefficient (Wildman–Crippen LogP) is 2.87. The minimum Gasteiger partial charge on any atom is -0.716 e. The van der Waals surface area contributed by atoms with Crippen LogP contribution in [0.4, 0.5) is 0 Å². The molecule has 0 amide bonds. The highest BCUT2D eigenvalue weighted by molar-refractivity contribution is 7.81. The molecule has 0 heterocycles. The first-order chi connectivity index (χ1) is 11.3. The predicted molar refractivity (Wildman–Crippen MR) is 86.4 cm³/mol. The highest BCUT2D eigenvalue weighted by atomic mass is 32.3. The van der Waals surface area contributed by atoms with Gasteiger partial charge in [-0.15, -0.1) is 0 Å². The van der Waals surface area contributed by atoms with E-state index in [2.05, 4.69) is 17.2 Å². The van der Waals surface area contributed by atoms with Gasteiger partial charge in [-0.3, -0.25) is 4.79 Å². The summed E-state index contributed by atoms with van der Waals surface area (Å²) in [7, 11) is -4.76. The Hall–Kier alpha value is -1.66. The lowest BCUT2D eigenvalue weighted by Crippen LogP contribution is -2.37. The van der Waals surface area contributed by atoms with Crippen LogP contribution in [0, 0.1) is 11.3 Å². The van der Waals surface area contributed by atoms with Crippen LogP contribution >= 0.6 is 0 Å². The second-order valence-corrected chi connectivity index (χ2v) is 8.27. The lowest BCUT2D eigenvalue weighted by molar-refractivity contribution is -0.126. The number of ketones is 1. The number of hydrogen-bond donors (Lipinski definition) is 0. The molecule has 0 aromatic heterocycles. The van der Waals surface area contributed by atoms with Gasteiger partial charge in [0.05, 0.1) is 0 Å². The first kappa shape index (κ1) is 15.8. The molecule has 0 N–H and O–H groups in total. The average Bonchev–Trinajstić information content (AvgIpc) is 2.81. The fourth-order valence-corrected chi connectivity index (χ4v) is 5.23. The summed E-state index contributed by atoms with van der Waals surface area (Å²) in [6.45, 7) is 2.11. The standard InChI is InChI=1S/C18H20O5S/c1-18-9-8-14-13-5-3-12(23-24(20,21)22)10-11(13)2-4-15(14)16(18)6-7-17(18)19/h3-5,10,14,16H,2,6-9H2,1H3,(H,20,21,22)/p-1/t14-,16+,18+/m1/s1. The quantitative estimate of drug-likeness (QED) is 0.467. The molecule has 2 fully saturated rings. The Balaban J connectivity index is 1.68. The summed E-state index contributed by atoms with van der Waals surface area (Å²) in [6, 6.07) is 5.06. The molecule has 24 heavy (non-hydrogen) atoms. The fraction of sp³-hybridized carbons (Fsp3) is 0.500. The van der Waals surface area contributed by atoms with Crippen LogP contribution in [0.2, 0.25) is 0 Å². The molecule has 3 aliphatic carbocycles. The van der Waals surface area contributed by atoms with E-state index in [9.17, 15) is 17.8 Å². The SMILES string of the molecule is C[C@]12CC[C@H]3C(=CCc4cc(OS(=O)(=O)[O-])ccc43)[C@@H]1CCC2=O. The van der Waals surface area contributed by atoms with Crippen LogP contribution in [-0.4, -0.2) is 18.8 Å². The van der Waals surface area contributed by atoms with Gasteiger partial charge in [-0.25, -0.2) is 8.42 Å². The van der Waals surface area contributed by atoms with Crippen molar-refractivity contribution < 1.29 is 21.9 Å². The molecule has 0 radical (unpaired) electrons. The minimum absolute atomic E-state index is 0.0669. The fourth-order valence-electron chi connectivity index (χ4n) is 4.89.